The third-order valence-corrected chi connectivity index (χ3v) is 7.64. The number of aromatic nitrogens is 1. The maximum Gasteiger partial charge on any atom is 0.412 e. The van der Waals surface area contributed by atoms with Crippen molar-refractivity contribution in [3.05, 3.63) is 87.1 Å². The molecule has 1 N–H and O–H groups in total. The van der Waals surface area contributed by atoms with Crippen molar-refractivity contribution in [1.82, 2.24) is 9.88 Å². The highest BCUT2D eigenvalue weighted by Gasteiger charge is 2.44. The molecule has 5 unspecified atom stereocenters. The number of methoxy groups -OCH3 is 1. The normalized spacial score (nSPS) is 22.6. The number of anilines is 1. The van der Waals surface area contributed by atoms with Gasteiger partial charge in [0.25, 0.3) is 0 Å². The molecule has 2 bridgehead atoms. The molecule has 6 rings (SSSR count). The SMILES string of the molecule is C=CC1CN2CCC1CC2C(OC(=O)Nc1ccc([N+](=O)[O-])c([N+](=O)[O-])c1)c1ccnc2ccc(OC)cc12. The Bertz CT molecular complexity index is 1460. The Kier molecular flexibility index (Phi) is 7.11. The molecule has 0 spiro atoms. The van der Waals surface area contributed by atoms with Gasteiger partial charge in [0.05, 0.1) is 34.2 Å². The van der Waals surface area contributed by atoms with Crippen LogP contribution in [-0.2, 0) is 4.74 Å². The molecule has 202 valence electrons. The largest absolute Gasteiger partial charge is 0.497 e. The van der Waals surface area contributed by atoms with Gasteiger partial charge in [-0.15, -0.1) is 6.58 Å². The summed E-state index contributed by atoms with van der Waals surface area (Å²) in [6.07, 6.45) is 3.96. The highest BCUT2D eigenvalue weighted by Crippen LogP contribution is 2.44. The molecule has 5 atom stereocenters. The molecule has 0 radical (unpaired) electrons. The summed E-state index contributed by atoms with van der Waals surface area (Å²) in [6, 6.07) is 10.4. The number of nitro benzene ring substituents is 2. The molecule has 4 heterocycles. The lowest BCUT2D eigenvalue weighted by Crippen LogP contribution is -2.55. The molecular weight excluding hydrogens is 506 g/mol. The van der Waals surface area contributed by atoms with Crippen molar-refractivity contribution in [2.45, 2.75) is 25.0 Å². The first-order valence-corrected chi connectivity index (χ1v) is 12.5. The highest BCUT2D eigenvalue weighted by molar-refractivity contribution is 5.87. The van der Waals surface area contributed by atoms with Gasteiger partial charge >= 0.3 is 17.5 Å². The van der Waals surface area contributed by atoms with Crippen LogP contribution in [-0.4, -0.2) is 52.1 Å². The molecule has 3 aliphatic heterocycles. The smallest absolute Gasteiger partial charge is 0.412 e. The summed E-state index contributed by atoms with van der Waals surface area (Å²) < 4.78 is 11.5. The molecule has 1 amide bonds. The van der Waals surface area contributed by atoms with E-state index in [1.807, 2.05) is 30.3 Å². The molecule has 3 fully saturated rings. The molecule has 0 aliphatic carbocycles. The van der Waals surface area contributed by atoms with Crippen molar-refractivity contribution >= 4 is 34.1 Å². The second-order valence-electron chi connectivity index (χ2n) is 9.70. The molecule has 3 aliphatic rings. The fraction of sp³-hybridized carbons (Fsp3) is 0.333. The standard InChI is InChI=1S/C27H27N5O7/c1-3-16-15-30-11-9-17(16)12-25(30)26(20-8-10-28-22-6-5-19(38-2)14-21(20)22)39-27(33)29-18-4-7-23(31(34)35)24(13-18)32(36)37/h3-8,10,13-14,16-17,25-26H,1,9,11-12,15H2,2H3,(H,29,33). The van der Waals surface area contributed by atoms with Crippen LogP contribution in [0.2, 0.25) is 0 Å². The van der Waals surface area contributed by atoms with Crippen LogP contribution in [0.3, 0.4) is 0 Å². The number of carbonyl (C=O) groups is 1. The third kappa shape index (κ3) is 5.10. The van der Waals surface area contributed by atoms with Gasteiger partial charge in [-0.3, -0.25) is 35.4 Å². The number of amides is 1. The zero-order chi connectivity index (χ0) is 27.7. The van der Waals surface area contributed by atoms with E-state index >= 15 is 0 Å². The summed E-state index contributed by atoms with van der Waals surface area (Å²) >= 11 is 0. The Morgan fingerprint density at radius 3 is 2.64 bits per heavy atom. The average molecular weight is 534 g/mol. The lowest BCUT2D eigenvalue weighted by Gasteiger charge is -2.51. The van der Waals surface area contributed by atoms with Gasteiger partial charge in [-0.2, -0.15) is 0 Å². The third-order valence-electron chi connectivity index (χ3n) is 7.64. The van der Waals surface area contributed by atoms with Crippen molar-refractivity contribution in [3.8, 4) is 5.75 Å². The molecule has 12 nitrogen and oxygen atoms in total. The van der Waals surface area contributed by atoms with Crippen molar-refractivity contribution < 1.29 is 24.1 Å². The number of carbonyl (C=O) groups excluding carboxylic acids is 1. The van der Waals surface area contributed by atoms with E-state index in [9.17, 15) is 25.0 Å². The Morgan fingerprint density at radius 1 is 1.18 bits per heavy atom. The first-order valence-electron chi connectivity index (χ1n) is 12.5. The molecule has 2 aromatic carbocycles. The molecule has 0 saturated carbocycles. The predicted octanol–water partition coefficient (Wildman–Crippen LogP) is 5.25. The summed E-state index contributed by atoms with van der Waals surface area (Å²) in [5, 5.41) is 25.8. The van der Waals surface area contributed by atoms with Crippen LogP contribution in [0.4, 0.5) is 21.9 Å². The van der Waals surface area contributed by atoms with E-state index in [1.54, 1.807) is 13.3 Å². The van der Waals surface area contributed by atoms with Crippen LogP contribution in [0, 0.1) is 32.1 Å². The first-order chi connectivity index (χ1) is 18.8. The van der Waals surface area contributed by atoms with Crippen LogP contribution in [0.1, 0.15) is 24.5 Å². The fourth-order valence-corrected chi connectivity index (χ4v) is 5.73. The van der Waals surface area contributed by atoms with Crippen molar-refractivity contribution in [2.24, 2.45) is 11.8 Å². The topological polar surface area (TPSA) is 150 Å². The number of nitro groups is 2. The molecule has 3 aromatic rings. The second-order valence-corrected chi connectivity index (χ2v) is 9.70. The van der Waals surface area contributed by atoms with E-state index in [0.29, 0.717) is 23.1 Å². The lowest BCUT2D eigenvalue weighted by atomic mass is 9.73. The van der Waals surface area contributed by atoms with Gasteiger partial charge in [-0.25, -0.2) is 4.79 Å². The Morgan fingerprint density at radius 2 is 1.97 bits per heavy atom. The molecule has 1 aromatic heterocycles. The summed E-state index contributed by atoms with van der Waals surface area (Å²) in [5.74, 6) is 1.40. The van der Waals surface area contributed by atoms with Crippen molar-refractivity contribution in [2.75, 3.05) is 25.5 Å². The first kappa shape index (κ1) is 26.0. The van der Waals surface area contributed by atoms with Crippen LogP contribution < -0.4 is 10.1 Å². The number of benzene rings is 2. The van der Waals surface area contributed by atoms with E-state index < -0.39 is 33.4 Å². The van der Waals surface area contributed by atoms with Crippen LogP contribution in [0.15, 0.2) is 61.3 Å². The van der Waals surface area contributed by atoms with Gasteiger partial charge in [0, 0.05) is 35.8 Å². The second kappa shape index (κ2) is 10.7. The van der Waals surface area contributed by atoms with Gasteiger partial charge in [0.1, 0.15) is 11.9 Å². The number of ether oxygens (including phenoxy) is 2. The number of nitrogens with one attached hydrogen (secondary N) is 1. The Hall–Kier alpha value is -4.58. The van der Waals surface area contributed by atoms with Crippen LogP contribution in [0.25, 0.3) is 10.9 Å². The minimum absolute atomic E-state index is 0.00879. The minimum Gasteiger partial charge on any atom is -0.497 e. The minimum atomic E-state index is -0.865. The van der Waals surface area contributed by atoms with E-state index in [-0.39, 0.29) is 11.7 Å². The van der Waals surface area contributed by atoms with E-state index in [1.165, 1.54) is 6.07 Å². The number of nitrogens with zero attached hydrogens (tertiary/aromatic N) is 4. The number of hydrogen-bond acceptors (Lipinski definition) is 9. The van der Waals surface area contributed by atoms with E-state index in [4.69, 9.17) is 9.47 Å². The summed E-state index contributed by atoms with van der Waals surface area (Å²) in [6.45, 7) is 5.66. The number of fused-ring (bicyclic) bond motifs is 4. The molecule has 39 heavy (non-hydrogen) atoms. The summed E-state index contributed by atoms with van der Waals surface area (Å²) in [5.41, 5.74) is 0.0868. The maximum atomic E-state index is 13.2. The van der Waals surface area contributed by atoms with E-state index in [2.05, 4.69) is 21.8 Å². The Balaban J connectivity index is 1.49. The number of piperidine rings is 3. The van der Waals surface area contributed by atoms with Crippen molar-refractivity contribution in [3.63, 3.8) is 0 Å². The van der Waals surface area contributed by atoms with Gasteiger partial charge in [0.15, 0.2) is 0 Å². The zero-order valence-corrected chi connectivity index (χ0v) is 21.2. The maximum absolute atomic E-state index is 13.2. The fourth-order valence-electron chi connectivity index (χ4n) is 5.73. The zero-order valence-electron chi connectivity index (χ0n) is 21.2. The molecule has 3 saturated heterocycles. The Labute approximate surface area is 223 Å². The van der Waals surface area contributed by atoms with Crippen LogP contribution >= 0.6 is 0 Å². The average Bonchev–Trinajstić information content (AvgIpc) is 2.95. The monoisotopic (exact) mass is 533 g/mol. The molecular formula is C27H27N5O7. The quantitative estimate of drug-likeness (QED) is 0.233. The van der Waals surface area contributed by atoms with Crippen molar-refractivity contribution in [1.29, 1.82) is 0 Å². The van der Waals surface area contributed by atoms with Crippen LogP contribution in [0.5, 0.6) is 5.75 Å². The lowest BCUT2D eigenvalue weighted by molar-refractivity contribution is -0.422. The summed E-state index contributed by atoms with van der Waals surface area (Å²) in [7, 11) is 1.57. The van der Waals surface area contributed by atoms with Gasteiger partial charge in [-0.05, 0) is 61.6 Å². The molecule has 12 heteroatoms. The highest BCUT2D eigenvalue weighted by atomic mass is 16.6. The number of pyridine rings is 1. The number of rotatable bonds is 8. The van der Waals surface area contributed by atoms with E-state index in [0.717, 1.165) is 49.0 Å². The number of hydrogen-bond donors (Lipinski definition) is 1. The summed E-state index contributed by atoms with van der Waals surface area (Å²) in [4.78, 5) is 40.8. The van der Waals surface area contributed by atoms with Gasteiger partial charge in [0.2, 0.25) is 0 Å². The predicted molar refractivity (Wildman–Crippen MR) is 143 cm³/mol. The van der Waals surface area contributed by atoms with Gasteiger partial charge in [-0.1, -0.05) is 6.08 Å². The van der Waals surface area contributed by atoms with Gasteiger partial charge < -0.3 is 9.47 Å².